The number of methoxy groups -OCH3 is 2. The van der Waals surface area contributed by atoms with Crippen LogP contribution in [0, 0.1) is 17.3 Å². The Labute approximate surface area is 148 Å². The van der Waals surface area contributed by atoms with Gasteiger partial charge in [0.25, 0.3) is 0 Å². The van der Waals surface area contributed by atoms with Crippen molar-refractivity contribution in [3.63, 3.8) is 0 Å². The molecular formula is C20H24O5. The van der Waals surface area contributed by atoms with Crippen LogP contribution in [0.1, 0.15) is 37.0 Å². The van der Waals surface area contributed by atoms with Gasteiger partial charge in [0.2, 0.25) is 0 Å². The van der Waals surface area contributed by atoms with E-state index in [1.807, 2.05) is 26.0 Å². The van der Waals surface area contributed by atoms with E-state index in [1.165, 1.54) is 14.2 Å². The fraction of sp³-hybridized carbons (Fsp3) is 0.450. The molecular weight excluding hydrogens is 320 g/mol. The SMILES string of the molecule is COC(=O)C1(C(=O)OC)CC(C=C(C)C)C(C(=O)c2ccccc2)C1. The fourth-order valence-electron chi connectivity index (χ4n) is 3.67. The predicted octanol–water partition coefficient (Wildman–Crippen LogP) is 3.19. The predicted molar refractivity (Wildman–Crippen MR) is 92.9 cm³/mol. The first-order valence-corrected chi connectivity index (χ1v) is 8.27. The maximum atomic E-state index is 13.0. The van der Waals surface area contributed by atoms with Crippen molar-refractivity contribution in [2.24, 2.45) is 17.3 Å². The molecule has 134 valence electrons. The van der Waals surface area contributed by atoms with Crippen molar-refractivity contribution >= 4 is 17.7 Å². The van der Waals surface area contributed by atoms with E-state index in [9.17, 15) is 14.4 Å². The zero-order valence-electron chi connectivity index (χ0n) is 15.1. The molecule has 0 N–H and O–H groups in total. The highest BCUT2D eigenvalue weighted by Crippen LogP contribution is 2.49. The Hall–Kier alpha value is -2.43. The van der Waals surface area contributed by atoms with Crippen molar-refractivity contribution < 1.29 is 23.9 Å². The molecule has 0 aliphatic heterocycles. The van der Waals surface area contributed by atoms with Crippen LogP contribution < -0.4 is 0 Å². The average molecular weight is 344 g/mol. The maximum Gasteiger partial charge on any atom is 0.323 e. The van der Waals surface area contributed by atoms with Gasteiger partial charge in [-0.05, 0) is 32.6 Å². The lowest BCUT2D eigenvalue weighted by molar-refractivity contribution is -0.168. The van der Waals surface area contributed by atoms with Gasteiger partial charge in [0.1, 0.15) is 0 Å². The third kappa shape index (κ3) is 3.65. The lowest BCUT2D eigenvalue weighted by Gasteiger charge is -2.23. The molecule has 25 heavy (non-hydrogen) atoms. The number of carbonyl (C=O) groups excluding carboxylic acids is 3. The Morgan fingerprint density at radius 3 is 2.04 bits per heavy atom. The van der Waals surface area contributed by atoms with Gasteiger partial charge in [0.05, 0.1) is 14.2 Å². The molecule has 0 saturated heterocycles. The molecule has 1 aromatic rings. The van der Waals surface area contributed by atoms with Crippen LogP contribution in [0.5, 0.6) is 0 Å². The van der Waals surface area contributed by atoms with Gasteiger partial charge in [-0.3, -0.25) is 14.4 Å². The van der Waals surface area contributed by atoms with Crippen LogP contribution in [0.15, 0.2) is 42.0 Å². The molecule has 1 fully saturated rings. The second-order valence-electron chi connectivity index (χ2n) is 6.72. The summed E-state index contributed by atoms with van der Waals surface area (Å²) in [6, 6.07) is 8.93. The second kappa shape index (κ2) is 7.64. The molecule has 2 rings (SSSR count). The quantitative estimate of drug-likeness (QED) is 0.355. The highest BCUT2D eigenvalue weighted by molar-refractivity contribution is 6.04. The second-order valence-corrected chi connectivity index (χ2v) is 6.72. The minimum Gasteiger partial charge on any atom is -0.468 e. The topological polar surface area (TPSA) is 69.7 Å². The molecule has 0 bridgehead atoms. The fourth-order valence-corrected chi connectivity index (χ4v) is 3.67. The van der Waals surface area contributed by atoms with Gasteiger partial charge < -0.3 is 9.47 Å². The summed E-state index contributed by atoms with van der Waals surface area (Å²) in [5.74, 6) is -2.06. The molecule has 5 heteroatoms. The van der Waals surface area contributed by atoms with Crippen LogP contribution >= 0.6 is 0 Å². The highest BCUT2D eigenvalue weighted by atomic mass is 16.5. The molecule has 0 aromatic heterocycles. The van der Waals surface area contributed by atoms with E-state index in [4.69, 9.17) is 9.47 Å². The van der Waals surface area contributed by atoms with E-state index in [-0.39, 0.29) is 24.5 Å². The van der Waals surface area contributed by atoms with E-state index >= 15 is 0 Å². The van der Waals surface area contributed by atoms with Gasteiger partial charge in [-0.15, -0.1) is 0 Å². The van der Waals surface area contributed by atoms with Gasteiger partial charge in [-0.25, -0.2) is 0 Å². The Kier molecular flexibility index (Phi) is 5.77. The normalized spacial score (nSPS) is 21.3. The summed E-state index contributed by atoms with van der Waals surface area (Å²) in [6.07, 6.45) is 2.26. The summed E-state index contributed by atoms with van der Waals surface area (Å²) in [6.45, 7) is 3.86. The number of allylic oxidation sites excluding steroid dienone is 2. The molecule has 1 aliphatic carbocycles. The number of Topliss-reactive ketones (excluding diaryl/α,β-unsaturated/α-hetero) is 1. The first-order chi connectivity index (χ1) is 11.9. The van der Waals surface area contributed by atoms with Crippen LogP contribution in [0.4, 0.5) is 0 Å². The number of carbonyl (C=O) groups is 3. The Morgan fingerprint density at radius 1 is 1.00 bits per heavy atom. The van der Waals surface area contributed by atoms with E-state index in [1.54, 1.807) is 24.3 Å². The lowest BCUT2D eigenvalue weighted by Crippen LogP contribution is -2.39. The number of hydrogen-bond donors (Lipinski definition) is 0. The summed E-state index contributed by atoms with van der Waals surface area (Å²) in [5, 5.41) is 0. The van der Waals surface area contributed by atoms with Crippen molar-refractivity contribution in [2.75, 3.05) is 14.2 Å². The third-order valence-electron chi connectivity index (χ3n) is 4.76. The van der Waals surface area contributed by atoms with Crippen molar-refractivity contribution in [3.05, 3.63) is 47.5 Å². The third-order valence-corrected chi connectivity index (χ3v) is 4.76. The largest absolute Gasteiger partial charge is 0.468 e. The zero-order chi connectivity index (χ0) is 18.6. The minimum absolute atomic E-state index is 0.0715. The molecule has 1 saturated carbocycles. The van der Waals surface area contributed by atoms with Gasteiger partial charge >= 0.3 is 11.9 Å². The summed E-state index contributed by atoms with van der Waals surface area (Å²) in [4.78, 5) is 37.8. The summed E-state index contributed by atoms with van der Waals surface area (Å²) in [5.41, 5.74) is 0.168. The molecule has 5 nitrogen and oxygen atoms in total. The average Bonchev–Trinajstić information content (AvgIpc) is 3.00. The van der Waals surface area contributed by atoms with Crippen LogP contribution in [0.25, 0.3) is 0 Å². The molecule has 0 amide bonds. The van der Waals surface area contributed by atoms with Crippen LogP contribution in [-0.2, 0) is 19.1 Å². The summed E-state index contributed by atoms with van der Waals surface area (Å²) < 4.78 is 9.75. The van der Waals surface area contributed by atoms with Crippen molar-refractivity contribution in [1.82, 2.24) is 0 Å². The molecule has 1 aliphatic rings. The monoisotopic (exact) mass is 344 g/mol. The van der Waals surface area contributed by atoms with E-state index in [0.717, 1.165) is 5.57 Å². The number of ether oxygens (including phenoxy) is 2. The smallest absolute Gasteiger partial charge is 0.323 e. The number of benzene rings is 1. The number of ketones is 1. The van der Waals surface area contributed by atoms with Gasteiger partial charge in [0.15, 0.2) is 11.2 Å². The van der Waals surface area contributed by atoms with E-state index in [2.05, 4.69) is 0 Å². The first kappa shape index (κ1) is 18.9. The van der Waals surface area contributed by atoms with Gasteiger partial charge in [0, 0.05) is 11.5 Å². The summed E-state index contributed by atoms with van der Waals surface area (Å²) >= 11 is 0. The zero-order valence-corrected chi connectivity index (χ0v) is 15.1. The molecule has 0 heterocycles. The van der Waals surface area contributed by atoms with Crippen LogP contribution in [0.3, 0.4) is 0 Å². The minimum atomic E-state index is -1.44. The van der Waals surface area contributed by atoms with Crippen LogP contribution in [0.2, 0.25) is 0 Å². The van der Waals surface area contributed by atoms with Crippen molar-refractivity contribution in [1.29, 1.82) is 0 Å². The first-order valence-electron chi connectivity index (χ1n) is 8.27. The summed E-state index contributed by atoms with van der Waals surface area (Å²) in [7, 11) is 2.49. The van der Waals surface area contributed by atoms with Crippen molar-refractivity contribution in [3.8, 4) is 0 Å². The molecule has 2 atom stereocenters. The number of rotatable bonds is 5. The lowest BCUT2D eigenvalue weighted by atomic mass is 9.84. The highest BCUT2D eigenvalue weighted by Gasteiger charge is 2.58. The van der Waals surface area contributed by atoms with E-state index in [0.29, 0.717) is 5.56 Å². The Balaban J connectivity index is 2.46. The molecule has 2 unspecified atom stereocenters. The maximum absolute atomic E-state index is 13.0. The standard InChI is InChI=1S/C20H24O5/c1-13(2)10-15-11-20(18(22)24-3,19(23)25-4)12-16(15)17(21)14-8-6-5-7-9-14/h5-10,15-16H,11-12H2,1-4H3. The van der Waals surface area contributed by atoms with Gasteiger partial charge in [-0.2, -0.15) is 0 Å². The Bertz CT molecular complexity index is 669. The molecule has 0 radical (unpaired) electrons. The molecule has 1 aromatic carbocycles. The Morgan fingerprint density at radius 2 is 1.56 bits per heavy atom. The van der Waals surface area contributed by atoms with E-state index < -0.39 is 23.3 Å². The molecule has 0 spiro atoms. The number of esters is 2. The van der Waals surface area contributed by atoms with Crippen molar-refractivity contribution in [2.45, 2.75) is 26.7 Å². The number of hydrogen-bond acceptors (Lipinski definition) is 5. The van der Waals surface area contributed by atoms with Crippen LogP contribution in [-0.4, -0.2) is 31.9 Å². The van der Waals surface area contributed by atoms with Gasteiger partial charge in [-0.1, -0.05) is 42.0 Å².